The SMILES string of the molecule is CC(C)OC(=O)NS(=O)(=O)N(C)CCCBr. The first kappa shape index (κ1) is 15.7. The van der Waals surface area contributed by atoms with Gasteiger partial charge in [0, 0.05) is 18.9 Å². The first-order valence-electron chi connectivity index (χ1n) is 4.80. The lowest BCUT2D eigenvalue weighted by Gasteiger charge is -2.17. The Morgan fingerprint density at radius 2 is 2.06 bits per heavy atom. The van der Waals surface area contributed by atoms with Crippen molar-refractivity contribution in [1.29, 1.82) is 0 Å². The lowest BCUT2D eigenvalue weighted by molar-refractivity contribution is 0.121. The van der Waals surface area contributed by atoms with Crippen LogP contribution in [0.2, 0.25) is 0 Å². The van der Waals surface area contributed by atoms with Crippen molar-refractivity contribution in [3.63, 3.8) is 0 Å². The lowest BCUT2D eigenvalue weighted by atomic mass is 10.5. The van der Waals surface area contributed by atoms with E-state index in [1.165, 1.54) is 7.05 Å². The normalized spacial score (nSPS) is 11.9. The van der Waals surface area contributed by atoms with Gasteiger partial charge in [-0.3, -0.25) is 0 Å². The quantitative estimate of drug-likeness (QED) is 0.744. The highest BCUT2D eigenvalue weighted by Gasteiger charge is 2.21. The number of halogens is 1. The molecule has 0 saturated heterocycles. The van der Waals surface area contributed by atoms with E-state index in [2.05, 4.69) is 20.7 Å². The molecule has 0 radical (unpaired) electrons. The van der Waals surface area contributed by atoms with E-state index in [-0.39, 0.29) is 6.10 Å². The smallest absolute Gasteiger partial charge is 0.422 e. The fourth-order valence-electron chi connectivity index (χ4n) is 0.824. The Labute approximate surface area is 105 Å². The van der Waals surface area contributed by atoms with Gasteiger partial charge in [-0.1, -0.05) is 15.9 Å². The Balaban J connectivity index is 4.28. The average molecular weight is 317 g/mol. The van der Waals surface area contributed by atoms with Crippen molar-refractivity contribution >= 4 is 32.2 Å². The standard InChI is InChI=1S/C8H17BrN2O4S/c1-7(2)15-8(12)10-16(13,14)11(3)6-4-5-9/h7H,4-6H2,1-3H3,(H,10,12). The van der Waals surface area contributed by atoms with E-state index in [1.807, 2.05) is 4.72 Å². The van der Waals surface area contributed by atoms with Crippen molar-refractivity contribution in [2.75, 3.05) is 18.9 Å². The van der Waals surface area contributed by atoms with Crippen LogP contribution in [0.15, 0.2) is 0 Å². The minimum Gasteiger partial charge on any atom is -0.446 e. The number of nitrogens with one attached hydrogen (secondary N) is 1. The van der Waals surface area contributed by atoms with Crippen LogP contribution < -0.4 is 4.72 Å². The van der Waals surface area contributed by atoms with Crippen LogP contribution in [-0.4, -0.2) is 43.8 Å². The number of hydrogen-bond acceptors (Lipinski definition) is 4. The summed E-state index contributed by atoms with van der Waals surface area (Å²) in [6.07, 6.45) is -0.653. The number of amides is 1. The summed E-state index contributed by atoms with van der Waals surface area (Å²) in [6.45, 7) is 3.61. The molecule has 96 valence electrons. The molecule has 0 aromatic rings. The van der Waals surface area contributed by atoms with Crippen molar-refractivity contribution in [2.45, 2.75) is 26.4 Å². The molecule has 0 unspecified atom stereocenters. The maximum absolute atomic E-state index is 11.5. The molecular weight excluding hydrogens is 300 g/mol. The van der Waals surface area contributed by atoms with Gasteiger partial charge in [-0.25, -0.2) is 9.52 Å². The molecule has 1 amide bonds. The summed E-state index contributed by atoms with van der Waals surface area (Å²) in [7, 11) is -2.39. The van der Waals surface area contributed by atoms with E-state index in [0.29, 0.717) is 18.3 Å². The number of hydrogen-bond donors (Lipinski definition) is 1. The van der Waals surface area contributed by atoms with Crippen LogP contribution in [0.25, 0.3) is 0 Å². The molecule has 0 aromatic carbocycles. The Bertz CT molecular complexity index is 318. The van der Waals surface area contributed by atoms with Crippen LogP contribution in [0.1, 0.15) is 20.3 Å². The zero-order chi connectivity index (χ0) is 12.8. The Morgan fingerprint density at radius 3 is 2.50 bits per heavy atom. The zero-order valence-corrected chi connectivity index (χ0v) is 12.0. The third kappa shape index (κ3) is 6.29. The molecule has 0 aliphatic rings. The summed E-state index contributed by atoms with van der Waals surface area (Å²) in [5.74, 6) is 0. The lowest BCUT2D eigenvalue weighted by Crippen LogP contribution is -2.42. The van der Waals surface area contributed by atoms with Gasteiger partial charge in [0.2, 0.25) is 0 Å². The van der Waals surface area contributed by atoms with E-state index in [1.54, 1.807) is 13.8 Å². The minimum atomic E-state index is -3.79. The number of ether oxygens (including phenoxy) is 1. The first-order chi connectivity index (χ1) is 7.29. The second kappa shape index (κ2) is 7.08. The topological polar surface area (TPSA) is 75.7 Å². The van der Waals surface area contributed by atoms with Gasteiger partial charge in [0.05, 0.1) is 6.10 Å². The molecule has 0 heterocycles. The monoisotopic (exact) mass is 316 g/mol. The molecule has 0 rings (SSSR count). The number of carbonyl (C=O) groups is 1. The van der Waals surface area contributed by atoms with E-state index in [4.69, 9.17) is 0 Å². The van der Waals surface area contributed by atoms with Gasteiger partial charge < -0.3 is 4.74 Å². The second-order valence-electron chi connectivity index (χ2n) is 3.43. The van der Waals surface area contributed by atoms with Gasteiger partial charge in [0.15, 0.2) is 0 Å². The van der Waals surface area contributed by atoms with Crippen molar-refractivity contribution < 1.29 is 17.9 Å². The van der Waals surface area contributed by atoms with Crippen LogP contribution in [0.4, 0.5) is 4.79 Å². The Kier molecular flexibility index (Phi) is 6.93. The molecule has 0 aliphatic heterocycles. The molecule has 0 bridgehead atoms. The van der Waals surface area contributed by atoms with Gasteiger partial charge in [-0.15, -0.1) is 0 Å². The van der Waals surface area contributed by atoms with Crippen molar-refractivity contribution in [1.82, 2.24) is 9.03 Å². The van der Waals surface area contributed by atoms with E-state index >= 15 is 0 Å². The highest BCUT2D eigenvalue weighted by molar-refractivity contribution is 9.09. The first-order valence-corrected chi connectivity index (χ1v) is 7.36. The van der Waals surface area contributed by atoms with Gasteiger partial charge in [0.25, 0.3) is 0 Å². The number of carbonyl (C=O) groups excluding carboxylic acids is 1. The number of alkyl halides is 1. The predicted molar refractivity (Wildman–Crippen MR) is 64.7 cm³/mol. The summed E-state index contributed by atoms with van der Waals surface area (Å²) in [5.41, 5.74) is 0. The summed E-state index contributed by atoms with van der Waals surface area (Å²) >= 11 is 3.19. The van der Waals surface area contributed by atoms with Crippen LogP contribution in [-0.2, 0) is 14.9 Å². The fourth-order valence-corrected chi connectivity index (χ4v) is 1.86. The molecule has 0 saturated carbocycles. The molecule has 0 aliphatic carbocycles. The fraction of sp³-hybridized carbons (Fsp3) is 0.875. The average Bonchev–Trinajstić information content (AvgIpc) is 2.11. The van der Waals surface area contributed by atoms with Gasteiger partial charge >= 0.3 is 16.3 Å². The van der Waals surface area contributed by atoms with E-state index < -0.39 is 16.3 Å². The van der Waals surface area contributed by atoms with Crippen molar-refractivity contribution in [3.05, 3.63) is 0 Å². The summed E-state index contributed by atoms with van der Waals surface area (Å²) < 4.78 is 30.6. The van der Waals surface area contributed by atoms with Gasteiger partial charge in [0.1, 0.15) is 0 Å². The minimum absolute atomic E-state index is 0.329. The largest absolute Gasteiger partial charge is 0.446 e. The van der Waals surface area contributed by atoms with Gasteiger partial charge in [-0.2, -0.15) is 12.7 Å². The maximum atomic E-state index is 11.5. The Morgan fingerprint density at radius 1 is 1.50 bits per heavy atom. The summed E-state index contributed by atoms with van der Waals surface area (Å²) in [6, 6.07) is 0. The van der Waals surface area contributed by atoms with E-state index in [9.17, 15) is 13.2 Å². The van der Waals surface area contributed by atoms with E-state index in [0.717, 1.165) is 4.31 Å². The predicted octanol–water partition coefficient (Wildman–Crippen LogP) is 1.08. The third-order valence-corrected chi connectivity index (χ3v) is 3.56. The van der Waals surface area contributed by atoms with Crippen molar-refractivity contribution in [3.8, 4) is 0 Å². The highest BCUT2D eigenvalue weighted by Crippen LogP contribution is 1.99. The van der Waals surface area contributed by atoms with Crippen LogP contribution in [0.3, 0.4) is 0 Å². The van der Waals surface area contributed by atoms with Crippen LogP contribution in [0.5, 0.6) is 0 Å². The maximum Gasteiger partial charge on any atom is 0.422 e. The molecule has 0 aromatic heterocycles. The van der Waals surface area contributed by atoms with Crippen molar-refractivity contribution in [2.24, 2.45) is 0 Å². The molecular formula is C8H17BrN2O4S. The number of rotatable bonds is 6. The van der Waals surface area contributed by atoms with Gasteiger partial charge in [-0.05, 0) is 20.3 Å². The molecule has 16 heavy (non-hydrogen) atoms. The zero-order valence-electron chi connectivity index (χ0n) is 9.57. The molecule has 0 fully saturated rings. The van der Waals surface area contributed by atoms with Crippen LogP contribution in [0, 0.1) is 0 Å². The molecule has 8 heteroatoms. The molecule has 6 nitrogen and oxygen atoms in total. The molecule has 0 atom stereocenters. The molecule has 0 spiro atoms. The Hall–Kier alpha value is -0.340. The molecule has 1 N–H and O–H groups in total. The number of nitrogens with zero attached hydrogens (tertiary/aromatic N) is 1. The second-order valence-corrected chi connectivity index (χ2v) is 6.00. The highest BCUT2D eigenvalue weighted by atomic mass is 79.9. The summed E-state index contributed by atoms with van der Waals surface area (Å²) in [5, 5.41) is 0.698. The van der Waals surface area contributed by atoms with Crippen LogP contribution >= 0.6 is 15.9 Å². The summed E-state index contributed by atoms with van der Waals surface area (Å²) in [4.78, 5) is 11.1. The third-order valence-electron chi connectivity index (χ3n) is 1.57.